The van der Waals surface area contributed by atoms with Crippen molar-refractivity contribution in [1.82, 2.24) is 4.90 Å². The Morgan fingerprint density at radius 2 is 1.47 bits per heavy atom. The van der Waals surface area contributed by atoms with Crippen LogP contribution in [0.3, 0.4) is 0 Å². The van der Waals surface area contributed by atoms with Gasteiger partial charge in [-0.2, -0.15) is 0 Å². The Morgan fingerprint density at radius 3 is 2.00 bits per heavy atom. The quantitative estimate of drug-likeness (QED) is 0.580. The molecule has 1 fully saturated rings. The molecule has 15 heavy (non-hydrogen) atoms. The van der Waals surface area contributed by atoms with Crippen LogP contribution in [0.2, 0.25) is 0 Å². The smallest absolute Gasteiger partial charge is 0.0367 e. The number of likely N-dealkylation sites (N-methyl/N-ethyl adjacent to an activating group) is 1. The summed E-state index contributed by atoms with van der Waals surface area (Å²) < 4.78 is 0. The normalized spacial score (nSPS) is 16.9. The molecule has 1 aromatic carbocycles. The van der Waals surface area contributed by atoms with Crippen molar-refractivity contribution in [2.24, 2.45) is 0 Å². The minimum Gasteiger partial charge on any atom is -0.369 e. The number of para-hydroxylation sites is 1. The molecular weight excluding hydrogens is 299 g/mol. The average Bonchev–Trinajstić information content (AvgIpc) is 2.34. The van der Waals surface area contributed by atoms with E-state index in [0.717, 1.165) is 13.1 Å². The lowest BCUT2D eigenvalue weighted by Gasteiger charge is -2.33. The van der Waals surface area contributed by atoms with Gasteiger partial charge >= 0.3 is 0 Å². The van der Waals surface area contributed by atoms with Gasteiger partial charge in [0.2, 0.25) is 0 Å². The van der Waals surface area contributed by atoms with Crippen LogP contribution >= 0.6 is 22.6 Å². The molecule has 2 rings (SSSR count). The topological polar surface area (TPSA) is 6.48 Å². The number of piperazine rings is 1. The lowest BCUT2D eigenvalue weighted by Crippen LogP contribution is -2.44. The lowest BCUT2D eigenvalue weighted by atomic mass is 10.2. The van der Waals surface area contributed by atoms with Gasteiger partial charge in [0.25, 0.3) is 0 Å². The second-order valence-electron chi connectivity index (χ2n) is 3.63. The van der Waals surface area contributed by atoms with Gasteiger partial charge in [-0.05, 0) is 24.1 Å². The second kappa shape index (κ2) is 7.06. The maximum atomic E-state index is 2.44. The first-order valence-electron chi connectivity index (χ1n) is 5.22. The highest BCUT2D eigenvalue weighted by atomic mass is 127. The number of hydrogen-bond acceptors (Lipinski definition) is 2. The molecule has 0 bridgehead atoms. The minimum atomic E-state index is 1.15. The van der Waals surface area contributed by atoms with Crippen molar-refractivity contribution in [2.75, 3.05) is 43.1 Å². The molecule has 0 aromatic heterocycles. The third-order valence-electron chi connectivity index (χ3n) is 2.62. The fourth-order valence-electron chi connectivity index (χ4n) is 1.70. The molecule has 1 aliphatic heterocycles. The van der Waals surface area contributed by atoms with Crippen LogP contribution in [-0.2, 0) is 0 Å². The van der Waals surface area contributed by atoms with Gasteiger partial charge in [-0.1, -0.05) is 40.8 Å². The molecule has 0 radical (unpaired) electrons. The van der Waals surface area contributed by atoms with E-state index in [0.29, 0.717) is 0 Å². The van der Waals surface area contributed by atoms with Crippen molar-refractivity contribution < 1.29 is 0 Å². The summed E-state index contributed by atoms with van der Waals surface area (Å²) in [6, 6.07) is 10.7. The number of benzene rings is 1. The number of hydrogen-bond donors (Lipinski definition) is 0. The van der Waals surface area contributed by atoms with Crippen molar-refractivity contribution in [1.29, 1.82) is 0 Å². The molecule has 1 aromatic rings. The second-order valence-corrected chi connectivity index (χ2v) is 3.63. The summed E-state index contributed by atoms with van der Waals surface area (Å²) in [6.07, 6.45) is 0. The van der Waals surface area contributed by atoms with Crippen LogP contribution in [0.1, 0.15) is 0 Å². The van der Waals surface area contributed by atoms with Gasteiger partial charge in [-0.15, -0.1) is 0 Å². The molecule has 2 nitrogen and oxygen atoms in total. The van der Waals surface area contributed by atoms with Crippen molar-refractivity contribution in [3.05, 3.63) is 30.3 Å². The molecule has 0 saturated carbocycles. The number of anilines is 1. The van der Waals surface area contributed by atoms with Gasteiger partial charge in [0.1, 0.15) is 0 Å². The average molecular weight is 318 g/mol. The molecule has 3 heteroatoms. The van der Waals surface area contributed by atoms with Crippen molar-refractivity contribution in [2.45, 2.75) is 0 Å². The van der Waals surface area contributed by atoms with Crippen molar-refractivity contribution in [3.63, 3.8) is 0 Å². The van der Waals surface area contributed by atoms with Gasteiger partial charge < -0.3 is 9.80 Å². The molecule has 1 heterocycles. The summed E-state index contributed by atoms with van der Waals surface area (Å²) >= 11 is 2.15. The molecule has 0 unspecified atom stereocenters. The Morgan fingerprint density at radius 1 is 0.933 bits per heavy atom. The van der Waals surface area contributed by atoms with E-state index >= 15 is 0 Å². The van der Waals surface area contributed by atoms with E-state index in [4.69, 9.17) is 0 Å². The highest BCUT2D eigenvalue weighted by Gasteiger charge is 2.13. The fraction of sp³-hybridized carbons (Fsp3) is 0.500. The minimum absolute atomic E-state index is 1.15. The Bertz CT molecular complexity index is 256. The SMILES string of the molecule is CI.CN1CCN(c2ccccc2)CC1. The monoisotopic (exact) mass is 318 g/mol. The van der Waals surface area contributed by atoms with E-state index in [9.17, 15) is 0 Å². The summed E-state index contributed by atoms with van der Waals surface area (Å²) in [4.78, 5) is 6.79. The van der Waals surface area contributed by atoms with Crippen LogP contribution in [0.15, 0.2) is 30.3 Å². The maximum absolute atomic E-state index is 2.44. The summed E-state index contributed by atoms with van der Waals surface area (Å²) in [7, 11) is 2.18. The van der Waals surface area contributed by atoms with Crippen LogP contribution in [0.5, 0.6) is 0 Å². The van der Waals surface area contributed by atoms with Crippen LogP contribution in [-0.4, -0.2) is 43.1 Å². The first-order valence-corrected chi connectivity index (χ1v) is 7.38. The zero-order valence-electron chi connectivity index (χ0n) is 9.49. The molecule has 0 aliphatic carbocycles. The van der Waals surface area contributed by atoms with E-state index in [1.165, 1.54) is 18.8 Å². The molecular formula is C12H19IN2. The predicted octanol–water partition coefficient (Wildman–Crippen LogP) is 2.49. The zero-order chi connectivity index (χ0) is 11.1. The maximum Gasteiger partial charge on any atom is 0.0367 e. The number of rotatable bonds is 1. The number of halogens is 1. The van der Waals surface area contributed by atoms with Crippen molar-refractivity contribution in [3.8, 4) is 0 Å². The molecule has 0 spiro atoms. The van der Waals surface area contributed by atoms with Gasteiger partial charge in [0.15, 0.2) is 0 Å². The summed E-state index contributed by atoms with van der Waals surface area (Å²) in [5, 5.41) is 0. The Hall–Kier alpha value is -0.290. The highest BCUT2D eigenvalue weighted by Crippen LogP contribution is 2.14. The Kier molecular flexibility index (Phi) is 6.02. The van der Waals surface area contributed by atoms with Crippen LogP contribution < -0.4 is 4.90 Å². The van der Waals surface area contributed by atoms with E-state index in [-0.39, 0.29) is 0 Å². The Balaban J connectivity index is 0.000000531. The third-order valence-corrected chi connectivity index (χ3v) is 2.62. The largest absolute Gasteiger partial charge is 0.369 e. The molecule has 0 atom stereocenters. The fourth-order valence-corrected chi connectivity index (χ4v) is 1.70. The summed E-state index contributed by atoms with van der Waals surface area (Å²) in [5.41, 5.74) is 1.36. The Labute approximate surface area is 106 Å². The van der Waals surface area contributed by atoms with E-state index in [2.05, 4.69) is 69.8 Å². The summed E-state index contributed by atoms with van der Waals surface area (Å²) in [6.45, 7) is 4.66. The lowest BCUT2D eigenvalue weighted by molar-refractivity contribution is 0.313. The molecule has 84 valence electrons. The van der Waals surface area contributed by atoms with Gasteiger partial charge in [0.05, 0.1) is 0 Å². The molecule has 1 saturated heterocycles. The first-order chi connectivity index (χ1) is 7.36. The van der Waals surface area contributed by atoms with E-state index in [1.54, 1.807) is 0 Å². The molecule has 0 N–H and O–H groups in total. The summed E-state index contributed by atoms with van der Waals surface area (Å²) in [5.74, 6) is 0. The van der Waals surface area contributed by atoms with E-state index in [1.807, 2.05) is 4.93 Å². The van der Waals surface area contributed by atoms with Gasteiger partial charge in [0, 0.05) is 31.9 Å². The highest BCUT2D eigenvalue weighted by molar-refractivity contribution is 14.1. The van der Waals surface area contributed by atoms with Crippen LogP contribution in [0.25, 0.3) is 0 Å². The van der Waals surface area contributed by atoms with E-state index < -0.39 is 0 Å². The van der Waals surface area contributed by atoms with Crippen LogP contribution in [0.4, 0.5) is 5.69 Å². The van der Waals surface area contributed by atoms with Gasteiger partial charge in [-0.25, -0.2) is 0 Å². The van der Waals surface area contributed by atoms with Crippen molar-refractivity contribution >= 4 is 28.3 Å². The predicted molar refractivity (Wildman–Crippen MR) is 76.1 cm³/mol. The third kappa shape index (κ3) is 3.99. The first kappa shape index (κ1) is 12.8. The standard InChI is InChI=1S/C11H16N2.CH3I/c1-12-7-9-13(10-8-12)11-5-3-2-4-6-11;1-2/h2-6H,7-10H2,1H3;1H3. The molecule has 1 aliphatic rings. The zero-order valence-corrected chi connectivity index (χ0v) is 11.6. The number of nitrogens with zero attached hydrogens (tertiary/aromatic N) is 2. The number of alkyl halides is 1. The van der Waals surface area contributed by atoms with Gasteiger partial charge in [-0.3, -0.25) is 0 Å². The molecule has 0 amide bonds. The van der Waals surface area contributed by atoms with Crippen LogP contribution in [0, 0.1) is 0 Å².